The molecule has 1 rings (SSSR count). The molecule has 16 heavy (non-hydrogen) atoms. The van der Waals surface area contributed by atoms with Crippen LogP contribution in [0, 0.1) is 0 Å². The minimum absolute atomic E-state index is 0.351. The summed E-state index contributed by atoms with van der Waals surface area (Å²) in [6, 6.07) is 0.802. The van der Waals surface area contributed by atoms with Crippen molar-refractivity contribution in [3.05, 3.63) is 19.2 Å². The third kappa shape index (κ3) is 3.29. The fourth-order valence-electron chi connectivity index (χ4n) is 1.07. The van der Waals surface area contributed by atoms with Crippen LogP contribution in [-0.4, -0.2) is 23.0 Å². The molecule has 0 aromatic carbocycles. The van der Waals surface area contributed by atoms with Crippen molar-refractivity contribution in [2.75, 3.05) is 0 Å². The van der Waals surface area contributed by atoms with Gasteiger partial charge in [-0.15, -0.1) is 11.3 Å². The first kappa shape index (κ1) is 13.7. The first-order valence-corrected chi connectivity index (χ1v) is 6.84. The predicted molar refractivity (Wildman–Crippen MR) is 68.9 cm³/mol. The average Bonchev–Trinajstić information content (AvgIpc) is 2.53. The number of amides is 1. The monoisotopic (exact) mass is 369 g/mol. The van der Waals surface area contributed by atoms with E-state index in [2.05, 4.69) is 37.2 Å². The summed E-state index contributed by atoms with van der Waals surface area (Å²) in [6.45, 7) is 1.71. The van der Waals surface area contributed by atoms with Gasteiger partial charge < -0.3 is 10.4 Å². The first-order chi connectivity index (χ1) is 7.45. The SMILES string of the molecule is CC[C@@H](NC(=O)c1cc(Br)sc1Br)C(=O)O. The lowest BCUT2D eigenvalue weighted by atomic mass is 10.2. The Bertz CT molecular complexity index is 419. The molecule has 0 saturated heterocycles. The molecule has 1 atom stereocenters. The fourth-order valence-corrected chi connectivity index (χ4v) is 3.86. The molecule has 0 radical (unpaired) electrons. The number of carboxylic acids is 1. The summed E-state index contributed by atoms with van der Waals surface area (Å²) >= 11 is 7.87. The standard InChI is InChI=1S/C9H9Br2NO3S/c1-2-5(9(14)15)12-8(13)4-3-6(10)16-7(4)11/h3,5H,2H2,1H3,(H,12,13)(H,14,15)/t5-/m1/s1. The number of thiophene rings is 1. The Morgan fingerprint density at radius 1 is 1.56 bits per heavy atom. The number of halogens is 2. The molecule has 7 heteroatoms. The fraction of sp³-hybridized carbons (Fsp3) is 0.333. The van der Waals surface area contributed by atoms with E-state index < -0.39 is 12.0 Å². The van der Waals surface area contributed by atoms with Crippen LogP contribution in [0.4, 0.5) is 0 Å². The van der Waals surface area contributed by atoms with Crippen molar-refractivity contribution < 1.29 is 14.7 Å². The van der Waals surface area contributed by atoms with Gasteiger partial charge in [-0.25, -0.2) is 4.79 Å². The third-order valence-corrected chi connectivity index (χ3v) is 4.25. The Labute approximate surface area is 113 Å². The van der Waals surface area contributed by atoms with Gasteiger partial charge in [0.15, 0.2) is 0 Å². The molecule has 88 valence electrons. The number of hydrogen-bond acceptors (Lipinski definition) is 3. The van der Waals surface area contributed by atoms with Crippen molar-refractivity contribution in [2.24, 2.45) is 0 Å². The zero-order valence-corrected chi connectivity index (χ0v) is 12.3. The van der Waals surface area contributed by atoms with Gasteiger partial charge in [-0.1, -0.05) is 6.92 Å². The number of hydrogen-bond donors (Lipinski definition) is 2. The highest BCUT2D eigenvalue weighted by Gasteiger charge is 2.21. The number of carbonyl (C=O) groups excluding carboxylic acids is 1. The van der Waals surface area contributed by atoms with Crippen LogP contribution in [0.1, 0.15) is 23.7 Å². The average molecular weight is 371 g/mol. The second-order valence-corrected chi connectivity index (χ2v) is 6.76. The molecule has 0 aliphatic rings. The van der Waals surface area contributed by atoms with Crippen LogP contribution in [0.2, 0.25) is 0 Å². The van der Waals surface area contributed by atoms with Crippen molar-refractivity contribution in [2.45, 2.75) is 19.4 Å². The van der Waals surface area contributed by atoms with E-state index in [1.165, 1.54) is 11.3 Å². The Balaban J connectivity index is 2.79. The molecular formula is C9H9Br2NO3S. The van der Waals surface area contributed by atoms with Crippen molar-refractivity contribution in [1.29, 1.82) is 0 Å². The van der Waals surface area contributed by atoms with E-state index in [0.29, 0.717) is 15.8 Å². The lowest BCUT2D eigenvalue weighted by Crippen LogP contribution is -2.40. The lowest BCUT2D eigenvalue weighted by Gasteiger charge is -2.11. The largest absolute Gasteiger partial charge is 0.480 e. The summed E-state index contributed by atoms with van der Waals surface area (Å²) in [5.41, 5.74) is 0.441. The van der Waals surface area contributed by atoms with E-state index >= 15 is 0 Å². The maximum atomic E-state index is 11.7. The maximum Gasteiger partial charge on any atom is 0.326 e. The van der Waals surface area contributed by atoms with Gasteiger partial charge in [-0.3, -0.25) is 4.79 Å². The molecule has 0 spiro atoms. The van der Waals surface area contributed by atoms with Gasteiger partial charge in [0.05, 0.1) is 13.1 Å². The third-order valence-electron chi connectivity index (χ3n) is 1.91. The minimum Gasteiger partial charge on any atom is -0.480 e. The highest BCUT2D eigenvalue weighted by Crippen LogP contribution is 2.31. The van der Waals surface area contributed by atoms with E-state index in [-0.39, 0.29) is 5.91 Å². The summed E-state index contributed by atoms with van der Waals surface area (Å²) < 4.78 is 1.49. The van der Waals surface area contributed by atoms with Crippen LogP contribution in [0.3, 0.4) is 0 Å². The van der Waals surface area contributed by atoms with Gasteiger partial charge in [-0.05, 0) is 44.3 Å². The molecule has 0 fully saturated rings. The highest BCUT2D eigenvalue weighted by molar-refractivity contribution is 9.12. The molecule has 1 heterocycles. The highest BCUT2D eigenvalue weighted by atomic mass is 79.9. The predicted octanol–water partition coefficient (Wildman–Crippen LogP) is 2.87. The molecule has 0 saturated carbocycles. The molecular weight excluding hydrogens is 362 g/mol. The molecule has 0 unspecified atom stereocenters. The van der Waals surface area contributed by atoms with Crippen LogP contribution in [-0.2, 0) is 4.79 Å². The molecule has 1 amide bonds. The number of carboxylic acid groups (broad SMARTS) is 1. The smallest absolute Gasteiger partial charge is 0.326 e. The maximum absolute atomic E-state index is 11.7. The van der Waals surface area contributed by atoms with Gasteiger partial charge in [0.2, 0.25) is 0 Å². The Morgan fingerprint density at radius 3 is 2.56 bits per heavy atom. The van der Waals surface area contributed by atoms with E-state index in [1.54, 1.807) is 13.0 Å². The van der Waals surface area contributed by atoms with Crippen molar-refractivity contribution in [3.63, 3.8) is 0 Å². The molecule has 2 N–H and O–H groups in total. The molecule has 0 aliphatic heterocycles. The normalized spacial score (nSPS) is 12.2. The number of carbonyl (C=O) groups is 2. The molecule has 1 aromatic heterocycles. The summed E-state index contributed by atoms with van der Waals surface area (Å²) in [5, 5.41) is 11.3. The zero-order valence-electron chi connectivity index (χ0n) is 8.29. The van der Waals surface area contributed by atoms with Crippen molar-refractivity contribution in [1.82, 2.24) is 5.32 Å². The quantitative estimate of drug-likeness (QED) is 0.856. The van der Waals surface area contributed by atoms with Crippen LogP contribution in [0.15, 0.2) is 13.6 Å². The summed E-state index contributed by atoms with van der Waals surface area (Å²) in [6.07, 6.45) is 0.351. The Kier molecular flexibility index (Phi) is 4.94. The molecule has 4 nitrogen and oxygen atoms in total. The minimum atomic E-state index is -1.03. The van der Waals surface area contributed by atoms with Gasteiger partial charge in [0.25, 0.3) is 5.91 Å². The number of nitrogens with one attached hydrogen (secondary N) is 1. The van der Waals surface area contributed by atoms with Crippen molar-refractivity contribution >= 4 is 55.1 Å². The van der Waals surface area contributed by atoms with Crippen LogP contribution in [0.25, 0.3) is 0 Å². The Hall–Kier alpha value is -0.400. The zero-order chi connectivity index (χ0) is 12.3. The van der Waals surface area contributed by atoms with Crippen molar-refractivity contribution in [3.8, 4) is 0 Å². The van der Waals surface area contributed by atoms with Gasteiger partial charge in [-0.2, -0.15) is 0 Å². The van der Waals surface area contributed by atoms with E-state index in [1.807, 2.05) is 0 Å². The van der Waals surface area contributed by atoms with Crippen LogP contribution < -0.4 is 5.32 Å². The van der Waals surface area contributed by atoms with Gasteiger partial charge >= 0.3 is 5.97 Å². The number of aliphatic carboxylic acids is 1. The van der Waals surface area contributed by atoms with E-state index in [9.17, 15) is 9.59 Å². The van der Waals surface area contributed by atoms with Gasteiger partial charge in [0, 0.05) is 0 Å². The molecule has 0 aliphatic carbocycles. The summed E-state index contributed by atoms with van der Waals surface area (Å²) in [4.78, 5) is 22.5. The topological polar surface area (TPSA) is 66.4 Å². The van der Waals surface area contributed by atoms with E-state index in [4.69, 9.17) is 5.11 Å². The molecule has 1 aromatic rings. The van der Waals surface area contributed by atoms with E-state index in [0.717, 1.165) is 3.79 Å². The first-order valence-electron chi connectivity index (χ1n) is 4.44. The van der Waals surface area contributed by atoms with Gasteiger partial charge in [0.1, 0.15) is 6.04 Å². The van der Waals surface area contributed by atoms with Crippen LogP contribution in [0.5, 0.6) is 0 Å². The molecule has 0 bridgehead atoms. The second-order valence-electron chi connectivity index (χ2n) is 3.01. The Morgan fingerprint density at radius 2 is 2.19 bits per heavy atom. The summed E-state index contributed by atoms with van der Waals surface area (Å²) in [5.74, 6) is -1.41. The van der Waals surface area contributed by atoms with Crippen LogP contribution >= 0.6 is 43.2 Å². The summed E-state index contributed by atoms with van der Waals surface area (Å²) in [7, 11) is 0. The number of rotatable bonds is 4. The second kappa shape index (κ2) is 5.79. The lowest BCUT2D eigenvalue weighted by molar-refractivity contribution is -0.139.